The molecule has 0 fully saturated rings. The number of ether oxygens (including phenoxy) is 3. The second-order valence-electron chi connectivity index (χ2n) is 7.45. The quantitative estimate of drug-likeness (QED) is 0.320. The molecule has 3 aromatic rings. The Morgan fingerprint density at radius 3 is 2.12 bits per heavy atom. The Labute approximate surface area is 202 Å². The third-order valence-corrected chi connectivity index (χ3v) is 5.22. The van der Waals surface area contributed by atoms with Gasteiger partial charge in [0.1, 0.15) is 24.7 Å². The van der Waals surface area contributed by atoms with E-state index < -0.39 is 0 Å². The Hall–Kier alpha value is -2.24. The van der Waals surface area contributed by atoms with Crippen LogP contribution >= 0.6 is 24.0 Å². The van der Waals surface area contributed by atoms with Crippen molar-refractivity contribution in [1.29, 1.82) is 0 Å². The first-order chi connectivity index (χ1) is 15.1. The molecule has 2 unspecified atom stereocenters. The maximum Gasteiger partial charge on any atom is 0.122 e. The van der Waals surface area contributed by atoms with Crippen LogP contribution in [0, 0.1) is 0 Å². The normalized spacial score (nSPS) is 12.5. The van der Waals surface area contributed by atoms with Crippen molar-refractivity contribution in [2.24, 2.45) is 0 Å². The van der Waals surface area contributed by atoms with Crippen LogP contribution in [-0.4, -0.2) is 32.9 Å². The summed E-state index contributed by atoms with van der Waals surface area (Å²) in [6, 6.07) is 26.1. The molecule has 3 aromatic carbocycles. The van der Waals surface area contributed by atoms with Gasteiger partial charge < -0.3 is 19.5 Å². The summed E-state index contributed by atoms with van der Waals surface area (Å²) in [5, 5.41) is 4.28. The monoisotopic (exact) mass is 475 g/mol. The van der Waals surface area contributed by atoms with Gasteiger partial charge in [-0.1, -0.05) is 54.1 Å². The van der Waals surface area contributed by atoms with Crippen LogP contribution in [0.15, 0.2) is 78.9 Å². The fraction of sp³-hybridized carbons (Fsp3) is 0.308. The molecule has 4 nitrogen and oxygen atoms in total. The molecule has 0 spiro atoms. The van der Waals surface area contributed by atoms with Crippen LogP contribution in [0.25, 0.3) is 0 Å². The molecule has 0 bridgehead atoms. The number of rotatable bonds is 12. The van der Waals surface area contributed by atoms with Crippen molar-refractivity contribution in [3.05, 3.63) is 95.0 Å². The van der Waals surface area contributed by atoms with E-state index in [1.807, 2.05) is 66.7 Å². The first-order valence-electron chi connectivity index (χ1n) is 10.6. The van der Waals surface area contributed by atoms with Gasteiger partial charge in [0.05, 0.1) is 6.10 Å². The Bertz CT molecular complexity index is 906. The van der Waals surface area contributed by atoms with Crippen molar-refractivity contribution in [2.45, 2.75) is 25.5 Å². The Morgan fingerprint density at radius 1 is 0.844 bits per heavy atom. The zero-order chi connectivity index (χ0) is 21.9. The van der Waals surface area contributed by atoms with Gasteiger partial charge in [0.2, 0.25) is 0 Å². The molecule has 1 N–H and O–H groups in total. The maximum atomic E-state index is 6.10. The van der Waals surface area contributed by atoms with E-state index >= 15 is 0 Å². The molecule has 0 aliphatic heterocycles. The van der Waals surface area contributed by atoms with Crippen molar-refractivity contribution < 1.29 is 14.2 Å². The molecule has 0 aliphatic rings. The van der Waals surface area contributed by atoms with E-state index in [4.69, 9.17) is 25.8 Å². The van der Waals surface area contributed by atoms with E-state index in [0.717, 1.165) is 35.1 Å². The molecular formula is C26H31Cl2NO3. The molecule has 3 rings (SSSR count). The van der Waals surface area contributed by atoms with E-state index in [-0.39, 0.29) is 18.5 Å². The molecule has 0 saturated carbocycles. The van der Waals surface area contributed by atoms with Crippen molar-refractivity contribution in [3.8, 4) is 11.5 Å². The van der Waals surface area contributed by atoms with E-state index in [0.29, 0.717) is 19.3 Å². The lowest BCUT2D eigenvalue weighted by molar-refractivity contribution is 0.0999. The van der Waals surface area contributed by atoms with Gasteiger partial charge in [-0.25, -0.2) is 0 Å². The summed E-state index contributed by atoms with van der Waals surface area (Å²) in [7, 11) is 1.72. The molecule has 6 heteroatoms. The van der Waals surface area contributed by atoms with E-state index in [2.05, 4.69) is 24.4 Å². The van der Waals surface area contributed by atoms with Gasteiger partial charge in [-0.15, -0.1) is 12.4 Å². The summed E-state index contributed by atoms with van der Waals surface area (Å²) in [4.78, 5) is 0. The minimum absolute atomic E-state index is 0. The van der Waals surface area contributed by atoms with Crippen LogP contribution in [0.4, 0.5) is 0 Å². The number of hydrogen-bond donors (Lipinski definition) is 1. The zero-order valence-corrected chi connectivity index (χ0v) is 20.1. The average molecular weight is 476 g/mol. The van der Waals surface area contributed by atoms with E-state index in [1.165, 1.54) is 5.56 Å². The van der Waals surface area contributed by atoms with Gasteiger partial charge in [-0.05, 0) is 60.9 Å². The summed E-state index contributed by atoms with van der Waals surface area (Å²) in [6.45, 7) is 3.92. The lowest BCUT2D eigenvalue weighted by Gasteiger charge is -2.20. The summed E-state index contributed by atoms with van der Waals surface area (Å²) < 4.78 is 17.1. The smallest absolute Gasteiger partial charge is 0.122 e. The molecule has 172 valence electrons. The zero-order valence-electron chi connectivity index (χ0n) is 18.5. The minimum atomic E-state index is -0.0324. The SMILES string of the molecule is COC(CNC(C)Cc1ccc(OCCOc2ccccc2)cc1)c1cccc(Cl)c1.Cl. The number of nitrogens with one attached hydrogen (secondary N) is 1. The van der Waals surface area contributed by atoms with Crippen LogP contribution in [0.5, 0.6) is 11.5 Å². The van der Waals surface area contributed by atoms with Gasteiger partial charge >= 0.3 is 0 Å². The largest absolute Gasteiger partial charge is 0.490 e. The highest BCUT2D eigenvalue weighted by atomic mass is 35.5. The Morgan fingerprint density at radius 2 is 1.50 bits per heavy atom. The predicted molar refractivity (Wildman–Crippen MR) is 133 cm³/mol. The fourth-order valence-corrected chi connectivity index (χ4v) is 3.53. The molecule has 0 aliphatic carbocycles. The molecule has 0 saturated heterocycles. The lowest BCUT2D eigenvalue weighted by Crippen LogP contribution is -2.32. The molecule has 0 heterocycles. The summed E-state index contributed by atoms with van der Waals surface area (Å²) >= 11 is 6.10. The van der Waals surface area contributed by atoms with Crippen LogP contribution in [0.2, 0.25) is 5.02 Å². The highest BCUT2D eigenvalue weighted by molar-refractivity contribution is 6.30. The average Bonchev–Trinajstić information content (AvgIpc) is 2.79. The van der Waals surface area contributed by atoms with Crippen LogP contribution in [0.3, 0.4) is 0 Å². The van der Waals surface area contributed by atoms with Crippen molar-refractivity contribution in [2.75, 3.05) is 26.9 Å². The first kappa shape index (κ1) is 26.0. The topological polar surface area (TPSA) is 39.7 Å². The number of methoxy groups -OCH3 is 1. The summed E-state index contributed by atoms with van der Waals surface area (Å²) in [5.41, 5.74) is 2.33. The molecule has 0 amide bonds. The molecule has 0 aromatic heterocycles. The van der Waals surface area contributed by atoms with Crippen molar-refractivity contribution >= 4 is 24.0 Å². The molecule has 2 atom stereocenters. The maximum absolute atomic E-state index is 6.10. The van der Waals surface area contributed by atoms with Crippen molar-refractivity contribution in [3.63, 3.8) is 0 Å². The van der Waals surface area contributed by atoms with Crippen LogP contribution < -0.4 is 14.8 Å². The summed E-state index contributed by atoms with van der Waals surface area (Å²) in [6.07, 6.45) is 0.888. The van der Waals surface area contributed by atoms with Gasteiger partial charge in [-0.2, -0.15) is 0 Å². The van der Waals surface area contributed by atoms with Gasteiger partial charge in [-0.3, -0.25) is 0 Å². The summed E-state index contributed by atoms with van der Waals surface area (Å²) in [5.74, 6) is 1.70. The third-order valence-electron chi connectivity index (χ3n) is 4.99. The van der Waals surface area contributed by atoms with Gasteiger partial charge in [0, 0.05) is 24.7 Å². The van der Waals surface area contributed by atoms with Crippen molar-refractivity contribution in [1.82, 2.24) is 5.32 Å². The molecule has 32 heavy (non-hydrogen) atoms. The number of halogens is 2. The second kappa shape index (κ2) is 14.0. The Kier molecular flexibility index (Phi) is 11.4. The number of para-hydroxylation sites is 1. The Balaban J connectivity index is 0.00000363. The van der Waals surface area contributed by atoms with Crippen LogP contribution in [0.1, 0.15) is 24.2 Å². The third kappa shape index (κ3) is 8.71. The van der Waals surface area contributed by atoms with Gasteiger partial charge in [0.15, 0.2) is 0 Å². The lowest BCUT2D eigenvalue weighted by atomic mass is 10.1. The minimum Gasteiger partial charge on any atom is -0.490 e. The highest BCUT2D eigenvalue weighted by Gasteiger charge is 2.13. The number of hydrogen-bond acceptors (Lipinski definition) is 4. The standard InChI is InChI=1S/C26H30ClNO3.ClH/c1-20(28-19-26(29-2)22-7-6-8-23(27)18-22)17-21-11-13-25(14-12-21)31-16-15-30-24-9-4-3-5-10-24;/h3-14,18,20,26,28H,15-17,19H2,1-2H3;1H. The number of benzene rings is 3. The fourth-order valence-electron chi connectivity index (χ4n) is 3.34. The van der Waals surface area contributed by atoms with Gasteiger partial charge in [0.25, 0.3) is 0 Å². The predicted octanol–water partition coefficient (Wildman–Crippen LogP) is 6.13. The van der Waals surface area contributed by atoms with E-state index in [1.54, 1.807) is 7.11 Å². The first-order valence-corrected chi connectivity index (χ1v) is 10.9. The van der Waals surface area contributed by atoms with Crippen LogP contribution in [-0.2, 0) is 11.2 Å². The highest BCUT2D eigenvalue weighted by Crippen LogP contribution is 2.20. The second-order valence-corrected chi connectivity index (χ2v) is 7.88. The van der Waals surface area contributed by atoms with E-state index in [9.17, 15) is 0 Å². The molecule has 0 radical (unpaired) electrons. The molecular weight excluding hydrogens is 445 g/mol.